The second-order valence-corrected chi connectivity index (χ2v) is 6.22. The number of methoxy groups -OCH3 is 1. The number of benzene rings is 1. The van der Waals surface area contributed by atoms with Crippen molar-refractivity contribution < 1.29 is 14.3 Å². The maximum absolute atomic E-state index is 12.5. The van der Waals surface area contributed by atoms with E-state index in [1.165, 1.54) is 11.8 Å². The van der Waals surface area contributed by atoms with Crippen molar-refractivity contribution in [2.24, 2.45) is 7.05 Å². The number of thioether (sulfide) groups is 1. The summed E-state index contributed by atoms with van der Waals surface area (Å²) in [5.41, 5.74) is 2.04. The van der Waals surface area contributed by atoms with Gasteiger partial charge in [-0.1, -0.05) is 30.3 Å². The second-order valence-electron chi connectivity index (χ2n) is 5.24. The Morgan fingerprint density at radius 1 is 1.33 bits per heavy atom. The quantitative estimate of drug-likeness (QED) is 0.777. The summed E-state index contributed by atoms with van der Waals surface area (Å²) in [7, 11) is 3.02. The van der Waals surface area contributed by atoms with Crippen LogP contribution >= 0.6 is 11.8 Å². The Morgan fingerprint density at radius 3 is 2.67 bits per heavy atom. The van der Waals surface area contributed by atoms with Crippen molar-refractivity contribution in [3.63, 3.8) is 0 Å². The van der Waals surface area contributed by atoms with E-state index in [0.717, 1.165) is 11.3 Å². The molecule has 2 aromatic rings. The summed E-state index contributed by atoms with van der Waals surface area (Å²) in [6.45, 7) is 0. The van der Waals surface area contributed by atoms with Gasteiger partial charge in [0.05, 0.1) is 12.8 Å². The van der Waals surface area contributed by atoms with E-state index in [2.05, 4.69) is 10.4 Å². The normalized spacial score (nSPS) is 11.8. The Labute approximate surface area is 145 Å². The largest absolute Gasteiger partial charge is 0.467 e. The van der Waals surface area contributed by atoms with Crippen LogP contribution in [0.5, 0.6) is 0 Å². The minimum absolute atomic E-state index is 0.344. The molecular formula is C17H21N3O3S. The Morgan fingerprint density at radius 2 is 2.04 bits per heavy atom. The number of hydrogen-bond acceptors (Lipinski definition) is 5. The third-order valence-corrected chi connectivity index (χ3v) is 4.23. The van der Waals surface area contributed by atoms with Crippen LogP contribution in [0.3, 0.4) is 0 Å². The number of carbonyl (C=O) groups is 2. The minimum Gasteiger partial charge on any atom is -0.467 e. The molecule has 0 aliphatic rings. The number of aryl methyl sites for hydroxylation is 1. The van der Waals surface area contributed by atoms with Crippen LogP contribution in [0.15, 0.2) is 36.4 Å². The van der Waals surface area contributed by atoms with Gasteiger partial charge in [0.15, 0.2) is 0 Å². The van der Waals surface area contributed by atoms with Crippen molar-refractivity contribution in [1.82, 2.24) is 15.1 Å². The highest BCUT2D eigenvalue weighted by molar-refractivity contribution is 7.98. The zero-order valence-electron chi connectivity index (χ0n) is 14.0. The van der Waals surface area contributed by atoms with Gasteiger partial charge in [-0.3, -0.25) is 9.48 Å². The van der Waals surface area contributed by atoms with Crippen LogP contribution in [0, 0.1) is 0 Å². The van der Waals surface area contributed by atoms with Gasteiger partial charge in [-0.25, -0.2) is 4.79 Å². The summed E-state index contributed by atoms with van der Waals surface area (Å²) in [5.74, 6) is -0.0349. The number of hydrogen-bond donors (Lipinski definition) is 1. The molecule has 1 heterocycles. The van der Waals surface area contributed by atoms with Gasteiger partial charge >= 0.3 is 5.97 Å². The number of ether oxygens (including phenoxy) is 1. The highest BCUT2D eigenvalue weighted by Crippen LogP contribution is 2.18. The smallest absolute Gasteiger partial charge is 0.328 e. The molecule has 128 valence electrons. The van der Waals surface area contributed by atoms with E-state index in [4.69, 9.17) is 4.74 Å². The molecule has 0 radical (unpaired) electrons. The standard InChI is InChI=1S/C17H21N3O3S/c1-20-15(11-14(19-20)12-7-5-4-6-8-12)16(21)18-13(9-10-24-3)17(22)23-2/h4-8,11,13H,9-10H2,1-3H3,(H,18,21). The van der Waals surface area contributed by atoms with Gasteiger partial charge in [0.2, 0.25) is 0 Å². The lowest BCUT2D eigenvalue weighted by atomic mass is 10.1. The first-order valence-electron chi connectivity index (χ1n) is 7.54. The topological polar surface area (TPSA) is 73.2 Å². The lowest BCUT2D eigenvalue weighted by molar-refractivity contribution is -0.142. The van der Waals surface area contributed by atoms with Gasteiger partial charge in [0.25, 0.3) is 5.91 Å². The van der Waals surface area contributed by atoms with Crippen LogP contribution in [-0.4, -0.2) is 46.8 Å². The van der Waals surface area contributed by atoms with E-state index >= 15 is 0 Å². The van der Waals surface area contributed by atoms with Crippen molar-refractivity contribution >= 4 is 23.6 Å². The van der Waals surface area contributed by atoms with Crippen LogP contribution < -0.4 is 5.32 Å². The summed E-state index contributed by atoms with van der Waals surface area (Å²) < 4.78 is 6.28. The summed E-state index contributed by atoms with van der Waals surface area (Å²) in [4.78, 5) is 24.3. The molecule has 1 atom stereocenters. The van der Waals surface area contributed by atoms with Crippen LogP contribution in [0.1, 0.15) is 16.9 Å². The van der Waals surface area contributed by atoms with Crippen molar-refractivity contribution in [2.75, 3.05) is 19.1 Å². The molecule has 1 unspecified atom stereocenters. The molecule has 0 aliphatic heterocycles. The highest BCUT2D eigenvalue weighted by Gasteiger charge is 2.23. The number of nitrogens with one attached hydrogen (secondary N) is 1. The number of esters is 1. The molecule has 0 bridgehead atoms. The van der Waals surface area contributed by atoms with Gasteiger partial charge in [0, 0.05) is 12.6 Å². The zero-order chi connectivity index (χ0) is 17.5. The molecule has 7 heteroatoms. The average Bonchev–Trinajstić information content (AvgIpc) is 3.00. The number of rotatable bonds is 7. The molecule has 0 saturated carbocycles. The van der Waals surface area contributed by atoms with Gasteiger partial charge in [-0.2, -0.15) is 16.9 Å². The second kappa shape index (κ2) is 8.54. The predicted molar refractivity (Wildman–Crippen MR) is 94.9 cm³/mol. The molecule has 1 amide bonds. The summed E-state index contributed by atoms with van der Waals surface area (Å²) in [5, 5.41) is 7.11. The Balaban J connectivity index is 2.17. The van der Waals surface area contributed by atoms with Crippen molar-refractivity contribution in [2.45, 2.75) is 12.5 Å². The monoisotopic (exact) mass is 347 g/mol. The van der Waals surface area contributed by atoms with Gasteiger partial charge in [0.1, 0.15) is 11.7 Å². The third-order valence-electron chi connectivity index (χ3n) is 3.58. The molecule has 2 rings (SSSR count). The molecule has 1 N–H and O–H groups in total. The molecule has 0 fully saturated rings. The summed E-state index contributed by atoms with van der Waals surface area (Å²) in [6.07, 6.45) is 2.46. The van der Waals surface area contributed by atoms with E-state index in [-0.39, 0.29) is 5.91 Å². The molecule has 0 aliphatic carbocycles. The van der Waals surface area contributed by atoms with Crippen LogP contribution in [0.25, 0.3) is 11.3 Å². The highest BCUT2D eigenvalue weighted by atomic mass is 32.2. The lowest BCUT2D eigenvalue weighted by Crippen LogP contribution is -2.42. The van der Waals surface area contributed by atoms with Crippen LogP contribution in [0.4, 0.5) is 0 Å². The van der Waals surface area contributed by atoms with E-state index < -0.39 is 12.0 Å². The maximum Gasteiger partial charge on any atom is 0.328 e. The fourth-order valence-corrected chi connectivity index (χ4v) is 2.76. The SMILES string of the molecule is COC(=O)C(CCSC)NC(=O)c1cc(-c2ccccc2)nn1C. The van der Waals surface area contributed by atoms with Crippen LogP contribution in [-0.2, 0) is 16.6 Å². The zero-order valence-corrected chi connectivity index (χ0v) is 14.8. The molecule has 1 aromatic heterocycles. The fourth-order valence-electron chi connectivity index (χ4n) is 2.29. The number of nitrogens with zero attached hydrogens (tertiary/aromatic N) is 2. The Bertz CT molecular complexity index is 700. The van der Waals surface area contributed by atoms with Gasteiger partial charge < -0.3 is 10.1 Å². The summed E-state index contributed by atoms with van der Waals surface area (Å²) in [6, 6.07) is 10.7. The van der Waals surface area contributed by atoms with Crippen molar-refractivity contribution in [3.05, 3.63) is 42.1 Å². The summed E-state index contributed by atoms with van der Waals surface area (Å²) >= 11 is 1.61. The molecule has 0 spiro atoms. The van der Waals surface area contributed by atoms with E-state index in [1.807, 2.05) is 36.6 Å². The number of amides is 1. The van der Waals surface area contributed by atoms with Gasteiger partial charge in [-0.05, 0) is 24.5 Å². The molecule has 6 nitrogen and oxygen atoms in total. The Kier molecular flexibility index (Phi) is 6.43. The molecular weight excluding hydrogens is 326 g/mol. The van der Waals surface area contributed by atoms with E-state index in [9.17, 15) is 9.59 Å². The van der Waals surface area contributed by atoms with Gasteiger partial charge in [-0.15, -0.1) is 0 Å². The Hall–Kier alpha value is -2.28. The predicted octanol–water partition coefficient (Wildman–Crippen LogP) is 2.11. The minimum atomic E-state index is -0.662. The molecule has 24 heavy (non-hydrogen) atoms. The lowest BCUT2D eigenvalue weighted by Gasteiger charge is -2.15. The number of aromatic nitrogens is 2. The maximum atomic E-state index is 12.5. The molecule has 0 saturated heterocycles. The first-order valence-corrected chi connectivity index (χ1v) is 8.93. The third kappa shape index (κ3) is 4.38. The number of carbonyl (C=O) groups excluding carboxylic acids is 2. The van der Waals surface area contributed by atoms with Crippen LogP contribution in [0.2, 0.25) is 0 Å². The van der Waals surface area contributed by atoms with Crippen molar-refractivity contribution in [3.8, 4) is 11.3 Å². The molecule has 1 aromatic carbocycles. The first kappa shape index (κ1) is 18.1. The van der Waals surface area contributed by atoms with E-state index in [0.29, 0.717) is 17.8 Å². The van der Waals surface area contributed by atoms with E-state index in [1.54, 1.807) is 24.9 Å². The average molecular weight is 347 g/mol. The fraction of sp³-hybridized carbons (Fsp3) is 0.353. The van der Waals surface area contributed by atoms with Crippen molar-refractivity contribution in [1.29, 1.82) is 0 Å². The first-order chi connectivity index (χ1) is 11.6.